The fourth-order valence-electron chi connectivity index (χ4n) is 5.74. The van der Waals surface area contributed by atoms with Crippen LogP contribution in [0.15, 0.2) is 24.5 Å². The van der Waals surface area contributed by atoms with Gasteiger partial charge >= 0.3 is 0 Å². The van der Waals surface area contributed by atoms with Gasteiger partial charge < -0.3 is 25.0 Å². The zero-order valence-electron chi connectivity index (χ0n) is 17.6. The Balaban J connectivity index is 1.48. The van der Waals surface area contributed by atoms with E-state index in [1.165, 1.54) is 17.0 Å². The van der Waals surface area contributed by atoms with Crippen LogP contribution in [0.3, 0.4) is 0 Å². The molecule has 2 unspecified atom stereocenters. The molecule has 3 N–H and O–H groups in total. The first-order valence-corrected chi connectivity index (χ1v) is 11.4. The van der Waals surface area contributed by atoms with Crippen molar-refractivity contribution in [3.05, 3.63) is 41.2 Å². The first kappa shape index (κ1) is 21.2. The van der Waals surface area contributed by atoms with Gasteiger partial charge in [0, 0.05) is 23.2 Å². The van der Waals surface area contributed by atoms with Crippen molar-refractivity contribution < 1.29 is 24.4 Å². The standard InChI is InChI=1S/C22H23ClFN5O4/c23-21-26-18(28-9-22(6-1-2-7-22)14-11(24)4-3-5-12(14)28)15-19(27-21)29(10-25-15)20-17(32)16(31)13(8-30)33-20/h3-5,10,13,16-17,20,30-32H,1-2,6-9H2/t13-,16?,17?,20-/m1/s1. The van der Waals surface area contributed by atoms with Crippen LogP contribution < -0.4 is 4.90 Å². The molecule has 11 heteroatoms. The molecule has 33 heavy (non-hydrogen) atoms. The Kier molecular flexibility index (Phi) is 4.86. The number of aliphatic hydroxyl groups excluding tert-OH is 3. The van der Waals surface area contributed by atoms with Crippen molar-refractivity contribution in [1.82, 2.24) is 19.5 Å². The number of aromatic nitrogens is 4. The third kappa shape index (κ3) is 3.01. The molecule has 1 saturated carbocycles. The SMILES string of the molecule is OC[C@H]1O[C@@H](n2cnc3c(N4CC5(CCCC5)c5c(F)cccc54)nc(Cl)nc32)C(O)C1O. The Morgan fingerprint density at radius 2 is 1.97 bits per heavy atom. The van der Waals surface area contributed by atoms with Crippen LogP contribution in [0.25, 0.3) is 11.2 Å². The lowest BCUT2D eigenvalue weighted by Crippen LogP contribution is -2.33. The number of benzene rings is 1. The molecule has 2 aromatic heterocycles. The number of ether oxygens (including phenoxy) is 1. The number of nitrogens with zero attached hydrogens (tertiary/aromatic N) is 5. The molecule has 9 nitrogen and oxygen atoms in total. The van der Waals surface area contributed by atoms with Gasteiger partial charge in [0.25, 0.3) is 0 Å². The molecule has 0 radical (unpaired) electrons. The average Bonchev–Trinajstić information content (AvgIpc) is 3.56. The molecule has 0 amide bonds. The first-order chi connectivity index (χ1) is 15.9. The average molecular weight is 476 g/mol. The molecule has 1 spiro atoms. The molecule has 3 aromatic rings. The van der Waals surface area contributed by atoms with E-state index in [1.807, 2.05) is 11.0 Å². The van der Waals surface area contributed by atoms with Crippen molar-refractivity contribution >= 4 is 34.3 Å². The normalized spacial score (nSPS) is 28.3. The monoisotopic (exact) mass is 475 g/mol. The second kappa shape index (κ2) is 7.57. The predicted octanol–water partition coefficient (Wildman–Crippen LogP) is 2.19. The quantitative estimate of drug-likeness (QED) is 0.494. The summed E-state index contributed by atoms with van der Waals surface area (Å²) in [6, 6.07) is 5.07. The van der Waals surface area contributed by atoms with Gasteiger partial charge in [-0.2, -0.15) is 9.97 Å². The van der Waals surface area contributed by atoms with Crippen LogP contribution in [-0.2, 0) is 10.2 Å². The Morgan fingerprint density at radius 3 is 2.70 bits per heavy atom. The fourth-order valence-corrected chi connectivity index (χ4v) is 5.90. The second-order valence-corrected chi connectivity index (χ2v) is 9.41. The van der Waals surface area contributed by atoms with Crippen LogP contribution in [0.1, 0.15) is 37.5 Å². The zero-order chi connectivity index (χ0) is 22.9. The number of halogens is 2. The predicted molar refractivity (Wildman–Crippen MR) is 117 cm³/mol. The van der Waals surface area contributed by atoms with Crippen molar-refractivity contribution in [3.8, 4) is 0 Å². The van der Waals surface area contributed by atoms with Gasteiger partial charge in [0.05, 0.1) is 12.9 Å². The molecule has 2 aliphatic heterocycles. The minimum absolute atomic E-state index is 0.0312. The van der Waals surface area contributed by atoms with Gasteiger partial charge in [-0.05, 0) is 36.6 Å². The summed E-state index contributed by atoms with van der Waals surface area (Å²) in [6.07, 6.45) is 0.827. The van der Waals surface area contributed by atoms with E-state index in [0.29, 0.717) is 29.1 Å². The van der Waals surface area contributed by atoms with E-state index in [-0.39, 0.29) is 16.5 Å². The van der Waals surface area contributed by atoms with Crippen LogP contribution in [0, 0.1) is 5.82 Å². The Morgan fingerprint density at radius 1 is 1.18 bits per heavy atom. The van der Waals surface area contributed by atoms with Gasteiger partial charge in [0.2, 0.25) is 5.28 Å². The van der Waals surface area contributed by atoms with Gasteiger partial charge in [-0.25, -0.2) is 9.37 Å². The van der Waals surface area contributed by atoms with Crippen LogP contribution in [0.5, 0.6) is 0 Å². The van der Waals surface area contributed by atoms with Crippen LogP contribution in [0.4, 0.5) is 15.9 Å². The molecule has 1 aliphatic carbocycles. The van der Waals surface area contributed by atoms with Gasteiger partial charge in [0.1, 0.15) is 24.1 Å². The molecule has 174 valence electrons. The molecule has 6 rings (SSSR count). The third-order valence-corrected chi connectivity index (χ3v) is 7.43. The van der Waals surface area contributed by atoms with E-state index >= 15 is 4.39 Å². The van der Waals surface area contributed by atoms with Crippen LogP contribution in [-0.4, -0.2) is 66.3 Å². The van der Waals surface area contributed by atoms with Gasteiger partial charge in [0.15, 0.2) is 23.2 Å². The maximum atomic E-state index is 15.0. The Hall–Kier alpha value is -2.37. The molecule has 2 fully saturated rings. The Labute approximate surface area is 193 Å². The molecule has 4 heterocycles. The molecular formula is C22H23ClFN5O4. The fraction of sp³-hybridized carbons (Fsp3) is 0.500. The van der Waals surface area contributed by atoms with E-state index in [9.17, 15) is 15.3 Å². The minimum Gasteiger partial charge on any atom is -0.394 e. The van der Waals surface area contributed by atoms with Crippen molar-refractivity contribution in [3.63, 3.8) is 0 Å². The number of imidazole rings is 1. The summed E-state index contributed by atoms with van der Waals surface area (Å²) in [7, 11) is 0. The van der Waals surface area contributed by atoms with E-state index < -0.39 is 31.1 Å². The van der Waals surface area contributed by atoms with Gasteiger partial charge in [-0.15, -0.1) is 0 Å². The largest absolute Gasteiger partial charge is 0.394 e. The lowest BCUT2D eigenvalue weighted by molar-refractivity contribution is -0.0511. The topological polar surface area (TPSA) is 117 Å². The van der Waals surface area contributed by atoms with Gasteiger partial charge in [-0.3, -0.25) is 4.57 Å². The number of hydrogen-bond acceptors (Lipinski definition) is 8. The summed E-state index contributed by atoms with van der Waals surface area (Å²) in [5.74, 6) is 0.233. The molecule has 4 atom stereocenters. The number of anilines is 2. The molecule has 1 aromatic carbocycles. The second-order valence-electron chi connectivity index (χ2n) is 9.08. The minimum atomic E-state index is -1.29. The summed E-state index contributed by atoms with van der Waals surface area (Å²) in [5.41, 5.74) is 1.91. The molecule has 0 bridgehead atoms. The summed E-state index contributed by atoms with van der Waals surface area (Å²) in [5, 5.41) is 30.0. The van der Waals surface area contributed by atoms with Crippen LogP contribution in [0.2, 0.25) is 5.28 Å². The highest BCUT2D eigenvalue weighted by atomic mass is 35.5. The first-order valence-electron chi connectivity index (χ1n) is 11.0. The number of aliphatic hydroxyl groups is 3. The summed E-state index contributed by atoms with van der Waals surface area (Å²) < 4.78 is 22.2. The van der Waals surface area contributed by atoms with Gasteiger partial charge in [-0.1, -0.05) is 18.9 Å². The summed E-state index contributed by atoms with van der Waals surface area (Å²) in [4.78, 5) is 15.2. The number of fused-ring (bicyclic) bond motifs is 3. The molecule has 1 saturated heterocycles. The van der Waals surface area contributed by atoms with Crippen LogP contribution >= 0.6 is 11.6 Å². The molecule has 3 aliphatic rings. The Bertz CT molecular complexity index is 1230. The van der Waals surface area contributed by atoms with Crippen molar-refractivity contribution in [2.24, 2.45) is 0 Å². The highest BCUT2D eigenvalue weighted by Crippen LogP contribution is 2.53. The van der Waals surface area contributed by atoms with E-state index in [1.54, 1.807) is 6.07 Å². The van der Waals surface area contributed by atoms with Crippen molar-refractivity contribution in [2.45, 2.75) is 55.6 Å². The third-order valence-electron chi connectivity index (χ3n) is 7.26. The van der Waals surface area contributed by atoms with E-state index in [0.717, 1.165) is 31.4 Å². The van der Waals surface area contributed by atoms with E-state index in [2.05, 4.69) is 15.0 Å². The number of rotatable bonds is 3. The van der Waals surface area contributed by atoms with Crippen molar-refractivity contribution in [2.75, 3.05) is 18.1 Å². The highest BCUT2D eigenvalue weighted by Gasteiger charge is 2.48. The summed E-state index contributed by atoms with van der Waals surface area (Å²) in [6.45, 7) is 0.118. The maximum Gasteiger partial charge on any atom is 0.226 e. The lowest BCUT2D eigenvalue weighted by atomic mass is 9.80. The zero-order valence-corrected chi connectivity index (χ0v) is 18.4. The maximum absolute atomic E-state index is 15.0. The van der Waals surface area contributed by atoms with E-state index in [4.69, 9.17) is 16.3 Å². The lowest BCUT2D eigenvalue weighted by Gasteiger charge is -2.25. The summed E-state index contributed by atoms with van der Waals surface area (Å²) >= 11 is 6.31. The highest BCUT2D eigenvalue weighted by molar-refractivity contribution is 6.28. The van der Waals surface area contributed by atoms with Crippen molar-refractivity contribution in [1.29, 1.82) is 0 Å². The smallest absolute Gasteiger partial charge is 0.226 e. The molecular weight excluding hydrogens is 453 g/mol. The number of hydrogen-bond donors (Lipinski definition) is 3.